The van der Waals surface area contributed by atoms with Crippen molar-refractivity contribution in [2.75, 3.05) is 29.7 Å². The first-order valence-corrected chi connectivity index (χ1v) is 16.4. The van der Waals surface area contributed by atoms with E-state index in [-0.39, 0.29) is 60.2 Å². The van der Waals surface area contributed by atoms with Crippen LogP contribution in [0.25, 0.3) is 0 Å². The molecule has 48 heavy (non-hydrogen) atoms. The van der Waals surface area contributed by atoms with E-state index in [1.807, 2.05) is 6.92 Å². The number of hydrogen-bond donors (Lipinski definition) is 2. The molecule has 0 fully saturated rings. The number of aromatic nitrogens is 3. The van der Waals surface area contributed by atoms with E-state index in [4.69, 9.17) is 14.0 Å². The number of nitrogens with zero attached hydrogens (tertiary/aromatic N) is 4. The number of ether oxygens (including phenoxy) is 2. The Hall–Kier alpha value is -4.19. The molecule has 0 aliphatic carbocycles. The molecule has 3 aromatic rings. The summed E-state index contributed by atoms with van der Waals surface area (Å²) in [5, 5.41) is 3.13. The van der Waals surface area contributed by atoms with E-state index in [1.54, 1.807) is 19.1 Å². The van der Waals surface area contributed by atoms with Gasteiger partial charge in [0.05, 0.1) is 53.7 Å². The number of nitrogens with one attached hydrogen (secondary N) is 1. The molecule has 2 aromatic heterocycles. The van der Waals surface area contributed by atoms with Gasteiger partial charge in [-0.25, -0.2) is 19.7 Å². The molecule has 0 bridgehead atoms. The lowest BCUT2D eigenvalue weighted by Crippen LogP contribution is -2.46. The van der Waals surface area contributed by atoms with Crippen molar-refractivity contribution >= 4 is 27.8 Å². The number of hydrogen-bond acceptors (Lipinski definition) is 9. The minimum absolute atomic E-state index is 0.0228. The molecule has 262 valence electrons. The molecule has 1 aliphatic rings. The summed E-state index contributed by atoms with van der Waals surface area (Å²) in [5.41, 5.74) is -2.25. The lowest BCUT2D eigenvalue weighted by molar-refractivity contribution is -0.143. The third-order valence-electron chi connectivity index (χ3n) is 7.61. The van der Waals surface area contributed by atoms with Crippen LogP contribution in [0.4, 0.5) is 42.8 Å². The van der Waals surface area contributed by atoms with Gasteiger partial charge in [0.25, 0.3) is 10.1 Å². The number of carbonyl (C=O) groups excluding carboxylic acids is 1. The van der Waals surface area contributed by atoms with Gasteiger partial charge in [-0.15, -0.1) is 0 Å². The highest BCUT2D eigenvalue weighted by Crippen LogP contribution is 2.40. The smallest absolute Gasteiger partial charge is 0.416 e. The first kappa shape index (κ1) is 36.6. The number of halogens is 6. The van der Waals surface area contributed by atoms with Gasteiger partial charge in [-0.05, 0) is 68.0 Å². The van der Waals surface area contributed by atoms with Gasteiger partial charge in [0.15, 0.2) is 0 Å². The fourth-order valence-corrected chi connectivity index (χ4v) is 5.92. The number of benzene rings is 1. The molecule has 1 aliphatic heterocycles. The van der Waals surface area contributed by atoms with E-state index >= 15 is 0 Å². The van der Waals surface area contributed by atoms with Crippen LogP contribution in [0.1, 0.15) is 72.8 Å². The number of fused-ring (bicyclic) bond motifs is 1. The van der Waals surface area contributed by atoms with Crippen molar-refractivity contribution in [1.82, 2.24) is 15.0 Å². The van der Waals surface area contributed by atoms with E-state index in [1.165, 1.54) is 18.2 Å². The normalized spacial score (nSPS) is 16.8. The second-order valence-corrected chi connectivity index (χ2v) is 12.5. The van der Waals surface area contributed by atoms with Gasteiger partial charge in [-0.2, -0.15) is 34.8 Å². The van der Waals surface area contributed by atoms with E-state index in [0.717, 1.165) is 0 Å². The van der Waals surface area contributed by atoms with Crippen LogP contribution in [-0.2, 0) is 40.0 Å². The van der Waals surface area contributed by atoms with Gasteiger partial charge in [0.2, 0.25) is 11.8 Å². The standard InChI is InChI=1S/C30H33F6N5O6S/c1-4-21-15-23(26-24(8-9-25(40-26)46-3)41(21)28(42)47-5-2)39-27-37-16-18(7-6-10-48(43,44)45)22(38-27)13-17-11-19(29(31,32)33)14-20(12-17)30(34,35)36/h8-9,11-12,14,16,21,23H,4-7,10,13,15H2,1-3H3,(H,37,38,39)(H,43,44,45)/t21-,23+/m1/s1. The summed E-state index contributed by atoms with van der Waals surface area (Å²) < 4.78 is 124. The molecule has 1 amide bonds. The Bertz CT molecular complexity index is 1710. The number of aryl methyl sites for hydroxylation is 1. The Morgan fingerprint density at radius 1 is 1.06 bits per heavy atom. The summed E-state index contributed by atoms with van der Waals surface area (Å²) in [4.78, 5) is 27.7. The van der Waals surface area contributed by atoms with E-state index < -0.39 is 57.9 Å². The molecule has 0 unspecified atom stereocenters. The van der Waals surface area contributed by atoms with Crippen LogP contribution in [0.2, 0.25) is 0 Å². The summed E-state index contributed by atoms with van der Waals surface area (Å²) >= 11 is 0. The van der Waals surface area contributed by atoms with Crippen LogP contribution in [0, 0.1) is 0 Å². The zero-order chi connectivity index (χ0) is 35.4. The summed E-state index contributed by atoms with van der Waals surface area (Å²) in [6, 6.07) is 3.43. The number of carbonyl (C=O) groups is 1. The third kappa shape index (κ3) is 9.03. The van der Waals surface area contributed by atoms with Crippen LogP contribution < -0.4 is 15.0 Å². The van der Waals surface area contributed by atoms with Crippen molar-refractivity contribution < 1.29 is 53.6 Å². The van der Waals surface area contributed by atoms with Crippen molar-refractivity contribution in [3.63, 3.8) is 0 Å². The maximum absolute atomic E-state index is 13.6. The number of rotatable bonds is 11. The van der Waals surface area contributed by atoms with Crippen LogP contribution >= 0.6 is 0 Å². The summed E-state index contributed by atoms with van der Waals surface area (Å²) in [7, 11) is -2.94. The lowest BCUT2D eigenvalue weighted by atomic mass is 9.93. The molecule has 2 atom stereocenters. The summed E-state index contributed by atoms with van der Waals surface area (Å²) in [6.07, 6.45) is -9.30. The van der Waals surface area contributed by atoms with Gasteiger partial charge in [-0.3, -0.25) is 9.45 Å². The zero-order valence-electron chi connectivity index (χ0n) is 26.0. The molecule has 3 heterocycles. The third-order valence-corrected chi connectivity index (χ3v) is 8.41. The van der Waals surface area contributed by atoms with Crippen molar-refractivity contribution in [2.24, 2.45) is 0 Å². The monoisotopic (exact) mass is 705 g/mol. The predicted molar refractivity (Wildman–Crippen MR) is 161 cm³/mol. The van der Waals surface area contributed by atoms with Crippen molar-refractivity contribution in [3.05, 3.63) is 70.2 Å². The average Bonchev–Trinajstić information content (AvgIpc) is 3.00. The van der Waals surface area contributed by atoms with Gasteiger partial charge >= 0.3 is 18.4 Å². The fourth-order valence-electron chi connectivity index (χ4n) is 5.41. The minimum Gasteiger partial charge on any atom is -0.481 e. The molecule has 11 nitrogen and oxygen atoms in total. The topological polar surface area (TPSA) is 144 Å². The van der Waals surface area contributed by atoms with E-state index in [9.17, 15) is 39.6 Å². The van der Waals surface area contributed by atoms with Gasteiger partial charge < -0.3 is 14.8 Å². The minimum atomic E-state index is -5.07. The molecule has 18 heteroatoms. The predicted octanol–water partition coefficient (Wildman–Crippen LogP) is 6.63. The first-order chi connectivity index (χ1) is 22.4. The fraction of sp³-hybridized carbons (Fsp3) is 0.467. The first-order valence-electron chi connectivity index (χ1n) is 14.8. The molecular formula is C30H33F6N5O6S. The Morgan fingerprint density at radius 3 is 2.29 bits per heavy atom. The summed E-state index contributed by atoms with van der Waals surface area (Å²) in [5.74, 6) is -0.456. The highest BCUT2D eigenvalue weighted by Gasteiger charge is 2.39. The Labute approximate surface area is 272 Å². The van der Waals surface area contributed by atoms with Gasteiger partial charge in [0.1, 0.15) is 0 Å². The average molecular weight is 706 g/mol. The quantitative estimate of drug-likeness (QED) is 0.165. The SMILES string of the molecule is CCOC(=O)N1c2ccc(OC)nc2[C@@H](Nc2ncc(CCCS(=O)(=O)O)c(Cc3cc(C(F)(F)F)cc(C(F)(F)F)c3)n2)C[C@H]1CC. The molecule has 0 spiro atoms. The number of amides is 1. The molecule has 0 radical (unpaired) electrons. The number of methoxy groups -OCH3 is 1. The summed E-state index contributed by atoms with van der Waals surface area (Å²) in [6.45, 7) is 3.68. The van der Waals surface area contributed by atoms with Crippen LogP contribution in [0.15, 0.2) is 36.5 Å². The van der Waals surface area contributed by atoms with Crippen molar-refractivity contribution in [3.8, 4) is 5.88 Å². The largest absolute Gasteiger partial charge is 0.481 e. The van der Waals surface area contributed by atoms with Crippen LogP contribution in [-0.4, -0.2) is 59.5 Å². The number of pyridine rings is 1. The number of alkyl halides is 6. The molecule has 0 saturated heterocycles. The molecule has 1 aromatic carbocycles. The van der Waals surface area contributed by atoms with E-state index in [0.29, 0.717) is 36.4 Å². The van der Waals surface area contributed by atoms with Crippen molar-refractivity contribution in [2.45, 2.75) is 70.4 Å². The van der Waals surface area contributed by atoms with Gasteiger partial charge in [-0.1, -0.05) is 6.92 Å². The molecule has 0 saturated carbocycles. The van der Waals surface area contributed by atoms with Crippen LogP contribution in [0.5, 0.6) is 5.88 Å². The molecular weight excluding hydrogens is 672 g/mol. The maximum Gasteiger partial charge on any atom is 0.416 e. The highest BCUT2D eigenvalue weighted by atomic mass is 32.2. The molecule has 4 rings (SSSR count). The maximum atomic E-state index is 13.6. The zero-order valence-corrected chi connectivity index (χ0v) is 26.8. The van der Waals surface area contributed by atoms with E-state index in [2.05, 4.69) is 20.3 Å². The number of anilines is 2. The second-order valence-electron chi connectivity index (χ2n) is 11.0. The molecule has 2 N–H and O–H groups in total. The highest BCUT2D eigenvalue weighted by molar-refractivity contribution is 7.85. The lowest BCUT2D eigenvalue weighted by Gasteiger charge is -2.39. The Morgan fingerprint density at radius 2 is 1.73 bits per heavy atom. The Balaban J connectivity index is 1.77. The van der Waals surface area contributed by atoms with Crippen molar-refractivity contribution in [1.29, 1.82) is 0 Å². The second kappa shape index (κ2) is 14.5. The van der Waals surface area contributed by atoms with Crippen LogP contribution in [0.3, 0.4) is 0 Å². The van der Waals surface area contributed by atoms with Gasteiger partial charge in [0, 0.05) is 24.7 Å². The Kier molecular flexibility index (Phi) is 11.1.